The van der Waals surface area contributed by atoms with Crippen molar-refractivity contribution in [3.8, 4) is 5.75 Å². The summed E-state index contributed by atoms with van der Waals surface area (Å²) in [6.07, 6.45) is 0. The van der Waals surface area contributed by atoms with Crippen LogP contribution < -0.4 is 0 Å². The maximum atomic E-state index is 10.1. The molecule has 1 nitrogen and oxygen atoms in total. The summed E-state index contributed by atoms with van der Waals surface area (Å²) in [5.41, 5.74) is 2.53. The maximum absolute atomic E-state index is 10.1. The molecule has 0 aliphatic rings. The third kappa shape index (κ3) is 2.02. The van der Waals surface area contributed by atoms with E-state index in [0.29, 0.717) is 17.6 Å². The average Bonchev–Trinajstić information content (AvgIpc) is 2.28. The maximum Gasteiger partial charge on any atom is 0.123 e. The van der Waals surface area contributed by atoms with E-state index in [1.807, 2.05) is 12.1 Å². The van der Waals surface area contributed by atoms with Gasteiger partial charge in [-0.15, -0.1) is 0 Å². The van der Waals surface area contributed by atoms with Gasteiger partial charge in [-0.1, -0.05) is 52.0 Å². The Hall–Kier alpha value is -1.50. The molecule has 0 amide bonds. The van der Waals surface area contributed by atoms with Gasteiger partial charge in [0.2, 0.25) is 0 Å². The number of hydrogen-bond acceptors (Lipinski definition) is 1. The summed E-state index contributed by atoms with van der Waals surface area (Å²) >= 11 is 0. The molecule has 0 heterocycles. The van der Waals surface area contributed by atoms with Gasteiger partial charge < -0.3 is 5.11 Å². The van der Waals surface area contributed by atoms with Crippen molar-refractivity contribution in [2.45, 2.75) is 39.5 Å². The summed E-state index contributed by atoms with van der Waals surface area (Å²) in [4.78, 5) is 0. The molecule has 2 aromatic rings. The number of phenols is 1. The molecule has 0 saturated carbocycles. The van der Waals surface area contributed by atoms with Crippen molar-refractivity contribution in [2.75, 3.05) is 0 Å². The molecule has 0 fully saturated rings. The highest BCUT2D eigenvalue weighted by Crippen LogP contribution is 2.36. The number of phenolic OH excluding ortho intramolecular Hbond substituents is 1. The highest BCUT2D eigenvalue weighted by molar-refractivity contribution is 5.94. The van der Waals surface area contributed by atoms with Crippen LogP contribution in [0.1, 0.15) is 50.7 Å². The van der Waals surface area contributed by atoms with Crippen molar-refractivity contribution in [3.63, 3.8) is 0 Å². The fourth-order valence-corrected chi connectivity index (χ4v) is 2.42. The van der Waals surface area contributed by atoms with E-state index in [1.165, 1.54) is 16.5 Å². The zero-order valence-electron chi connectivity index (χ0n) is 11.0. The predicted molar refractivity (Wildman–Crippen MR) is 73.8 cm³/mol. The van der Waals surface area contributed by atoms with Crippen LogP contribution in [0.5, 0.6) is 5.75 Å². The Morgan fingerprint density at radius 2 is 1.47 bits per heavy atom. The van der Waals surface area contributed by atoms with Gasteiger partial charge in [0.15, 0.2) is 0 Å². The molecule has 2 rings (SSSR count). The average molecular weight is 228 g/mol. The lowest BCUT2D eigenvalue weighted by molar-refractivity contribution is 0.481. The highest BCUT2D eigenvalue weighted by atomic mass is 16.3. The molecule has 90 valence electrons. The first-order valence-corrected chi connectivity index (χ1v) is 6.27. The lowest BCUT2D eigenvalue weighted by atomic mass is 9.90. The summed E-state index contributed by atoms with van der Waals surface area (Å²) in [7, 11) is 0. The number of fused-ring (bicyclic) bond motifs is 1. The lowest BCUT2D eigenvalue weighted by Gasteiger charge is -2.16. The second-order valence-electron chi connectivity index (χ2n) is 5.25. The zero-order valence-corrected chi connectivity index (χ0v) is 11.0. The van der Waals surface area contributed by atoms with Gasteiger partial charge in [-0.05, 0) is 34.4 Å². The molecular weight excluding hydrogens is 208 g/mol. The van der Waals surface area contributed by atoms with E-state index < -0.39 is 0 Å². The molecule has 17 heavy (non-hydrogen) atoms. The molecule has 0 aliphatic heterocycles. The summed E-state index contributed by atoms with van der Waals surface area (Å²) in [5.74, 6) is 1.29. The quantitative estimate of drug-likeness (QED) is 0.783. The molecule has 0 radical (unpaired) electrons. The topological polar surface area (TPSA) is 20.2 Å². The molecule has 1 N–H and O–H groups in total. The highest BCUT2D eigenvalue weighted by Gasteiger charge is 2.13. The molecule has 0 spiro atoms. The molecule has 2 aromatic carbocycles. The van der Waals surface area contributed by atoms with Crippen molar-refractivity contribution in [2.24, 2.45) is 0 Å². The molecule has 0 aliphatic carbocycles. The monoisotopic (exact) mass is 228 g/mol. The summed E-state index contributed by atoms with van der Waals surface area (Å²) in [6, 6.07) is 10.2. The van der Waals surface area contributed by atoms with Crippen LogP contribution in [0, 0.1) is 0 Å². The molecule has 0 saturated heterocycles. The van der Waals surface area contributed by atoms with Gasteiger partial charge in [0.1, 0.15) is 5.75 Å². The van der Waals surface area contributed by atoms with E-state index in [4.69, 9.17) is 0 Å². The fraction of sp³-hybridized carbons (Fsp3) is 0.375. The van der Waals surface area contributed by atoms with Crippen LogP contribution >= 0.6 is 0 Å². The van der Waals surface area contributed by atoms with Crippen molar-refractivity contribution < 1.29 is 5.11 Å². The van der Waals surface area contributed by atoms with Gasteiger partial charge in [-0.3, -0.25) is 0 Å². The van der Waals surface area contributed by atoms with Crippen molar-refractivity contribution in [1.82, 2.24) is 0 Å². The van der Waals surface area contributed by atoms with E-state index in [9.17, 15) is 5.11 Å². The molecule has 0 unspecified atom stereocenters. The Bertz CT molecular complexity index is 538. The second-order valence-corrected chi connectivity index (χ2v) is 5.25. The van der Waals surface area contributed by atoms with Gasteiger partial charge >= 0.3 is 0 Å². The predicted octanol–water partition coefficient (Wildman–Crippen LogP) is 4.79. The molecule has 0 atom stereocenters. The molecular formula is C16H20O. The Morgan fingerprint density at radius 3 is 2.06 bits per heavy atom. The number of benzene rings is 2. The molecule has 0 aromatic heterocycles. The van der Waals surface area contributed by atoms with Crippen LogP contribution in [-0.4, -0.2) is 5.11 Å². The van der Waals surface area contributed by atoms with Gasteiger partial charge in [0.05, 0.1) is 0 Å². The standard InChI is InChI=1S/C16H20O/c1-10(2)12-8-9-15(17)16-13(11(3)4)6-5-7-14(12)16/h5-11,17H,1-4H3. The summed E-state index contributed by atoms with van der Waals surface area (Å²) in [6.45, 7) is 8.70. The Morgan fingerprint density at radius 1 is 0.824 bits per heavy atom. The SMILES string of the molecule is CC(C)c1ccc(O)c2c(C(C)C)cccc12. The van der Waals surface area contributed by atoms with Crippen LogP contribution in [0.3, 0.4) is 0 Å². The van der Waals surface area contributed by atoms with E-state index in [0.717, 1.165) is 5.39 Å². The number of hydrogen-bond donors (Lipinski definition) is 1. The first kappa shape index (κ1) is 12.0. The first-order chi connectivity index (χ1) is 8.02. The van der Waals surface area contributed by atoms with E-state index in [1.54, 1.807) is 0 Å². The van der Waals surface area contributed by atoms with E-state index in [2.05, 4.69) is 45.9 Å². The van der Waals surface area contributed by atoms with Crippen LogP contribution in [0.25, 0.3) is 10.8 Å². The van der Waals surface area contributed by atoms with Crippen molar-refractivity contribution >= 4 is 10.8 Å². The molecule has 1 heteroatoms. The fourth-order valence-electron chi connectivity index (χ4n) is 2.42. The third-order valence-electron chi connectivity index (χ3n) is 3.33. The number of rotatable bonds is 2. The minimum atomic E-state index is 0.397. The largest absolute Gasteiger partial charge is 0.507 e. The van der Waals surface area contributed by atoms with Crippen LogP contribution in [0.2, 0.25) is 0 Å². The minimum absolute atomic E-state index is 0.397. The van der Waals surface area contributed by atoms with Gasteiger partial charge in [0.25, 0.3) is 0 Å². The second kappa shape index (κ2) is 4.40. The van der Waals surface area contributed by atoms with E-state index in [-0.39, 0.29) is 0 Å². The van der Waals surface area contributed by atoms with Gasteiger partial charge in [0, 0.05) is 5.39 Å². The Kier molecular flexibility index (Phi) is 3.10. The van der Waals surface area contributed by atoms with Gasteiger partial charge in [-0.2, -0.15) is 0 Å². The summed E-state index contributed by atoms with van der Waals surface area (Å²) in [5, 5.41) is 12.3. The summed E-state index contributed by atoms with van der Waals surface area (Å²) < 4.78 is 0. The van der Waals surface area contributed by atoms with Gasteiger partial charge in [-0.25, -0.2) is 0 Å². The molecule has 0 bridgehead atoms. The van der Waals surface area contributed by atoms with Crippen LogP contribution in [0.15, 0.2) is 30.3 Å². The minimum Gasteiger partial charge on any atom is -0.507 e. The van der Waals surface area contributed by atoms with Crippen molar-refractivity contribution in [3.05, 3.63) is 41.5 Å². The first-order valence-electron chi connectivity index (χ1n) is 6.27. The lowest BCUT2D eigenvalue weighted by Crippen LogP contribution is -1.94. The van der Waals surface area contributed by atoms with Crippen LogP contribution in [0.4, 0.5) is 0 Å². The zero-order chi connectivity index (χ0) is 12.6. The smallest absolute Gasteiger partial charge is 0.123 e. The normalized spacial score (nSPS) is 11.6. The van der Waals surface area contributed by atoms with E-state index >= 15 is 0 Å². The Balaban J connectivity index is 2.86. The third-order valence-corrected chi connectivity index (χ3v) is 3.33. The Labute approximate surface area is 103 Å². The van der Waals surface area contributed by atoms with Crippen molar-refractivity contribution in [1.29, 1.82) is 0 Å². The number of aromatic hydroxyl groups is 1. The van der Waals surface area contributed by atoms with Crippen LogP contribution in [-0.2, 0) is 0 Å².